The fourth-order valence-corrected chi connectivity index (χ4v) is 2.84. The number of rotatable bonds is 9. The van der Waals surface area contributed by atoms with Gasteiger partial charge in [0.05, 0.1) is 0 Å². The number of ether oxygens (including phenoxy) is 2. The monoisotopic (exact) mass is 362 g/mol. The number of hydrogen-bond donors (Lipinski definition) is 1. The summed E-state index contributed by atoms with van der Waals surface area (Å²) >= 11 is 0. The van der Waals surface area contributed by atoms with Gasteiger partial charge in [-0.3, -0.25) is 4.79 Å². The molecule has 0 aliphatic rings. The molecule has 3 aromatic rings. The minimum atomic E-state index is -0.814. The Bertz CT molecular complexity index is 874. The predicted octanol–water partition coefficient (Wildman–Crippen LogP) is 4.83. The highest BCUT2D eigenvalue weighted by Crippen LogP contribution is 2.29. The van der Waals surface area contributed by atoms with E-state index >= 15 is 0 Å². The minimum Gasteiger partial charge on any atom is -0.490 e. The van der Waals surface area contributed by atoms with Crippen molar-refractivity contribution >= 4 is 5.97 Å². The molecule has 0 aliphatic carbocycles. The summed E-state index contributed by atoms with van der Waals surface area (Å²) in [5.74, 6) is 0.704. The summed E-state index contributed by atoms with van der Waals surface area (Å²) in [4.78, 5) is 10.8. The van der Waals surface area contributed by atoms with E-state index in [1.165, 1.54) is 0 Å². The fraction of sp³-hybridized carbons (Fsp3) is 0.174. The summed E-state index contributed by atoms with van der Waals surface area (Å²) in [6.07, 6.45) is 0.532. The smallest absolute Gasteiger partial charge is 0.303 e. The standard InChI is InChI=1S/C23H22O4/c24-23(25)15-14-19-10-4-6-12-21(19)26-16-17-27-22-13-7-5-11-20(22)18-8-2-1-3-9-18/h1-13H,14-17H2,(H,24,25). The Morgan fingerprint density at radius 3 is 2.07 bits per heavy atom. The molecule has 0 spiro atoms. The van der Waals surface area contributed by atoms with Gasteiger partial charge in [0.1, 0.15) is 24.7 Å². The first kappa shape index (κ1) is 18.5. The molecule has 4 nitrogen and oxygen atoms in total. The van der Waals surface area contributed by atoms with E-state index in [0.717, 1.165) is 22.4 Å². The molecule has 3 rings (SSSR count). The number of carboxylic acid groups (broad SMARTS) is 1. The van der Waals surface area contributed by atoms with Crippen LogP contribution in [-0.2, 0) is 11.2 Å². The van der Waals surface area contributed by atoms with Crippen LogP contribution in [0.4, 0.5) is 0 Å². The lowest BCUT2D eigenvalue weighted by atomic mass is 10.1. The second kappa shape index (κ2) is 9.43. The Hall–Kier alpha value is -3.27. The van der Waals surface area contributed by atoms with Crippen molar-refractivity contribution in [1.29, 1.82) is 0 Å². The van der Waals surface area contributed by atoms with Gasteiger partial charge in [0.15, 0.2) is 0 Å². The van der Waals surface area contributed by atoms with Gasteiger partial charge < -0.3 is 14.6 Å². The van der Waals surface area contributed by atoms with Crippen LogP contribution in [0.15, 0.2) is 78.9 Å². The van der Waals surface area contributed by atoms with Gasteiger partial charge in [0.2, 0.25) is 0 Å². The molecule has 0 saturated carbocycles. The number of aryl methyl sites for hydroxylation is 1. The van der Waals surface area contributed by atoms with Crippen molar-refractivity contribution in [3.63, 3.8) is 0 Å². The maximum atomic E-state index is 10.8. The molecule has 0 heterocycles. The van der Waals surface area contributed by atoms with E-state index in [-0.39, 0.29) is 6.42 Å². The fourth-order valence-electron chi connectivity index (χ4n) is 2.84. The van der Waals surface area contributed by atoms with Crippen molar-refractivity contribution in [2.75, 3.05) is 13.2 Å². The molecule has 3 aromatic carbocycles. The molecule has 0 saturated heterocycles. The van der Waals surface area contributed by atoms with E-state index in [9.17, 15) is 4.79 Å². The maximum absolute atomic E-state index is 10.8. The second-order valence-corrected chi connectivity index (χ2v) is 6.06. The molecule has 0 radical (unpaired) electrons. The van der Waals surface area contributed by atoms with Gasteiger partial charge in [-0.25, -0.2) is 0 Å². The Morgan fingerprint density at radius 2 is 1.33 bits per heavy atom. The Balaban J connectivity index is 1.58. The molecule has 27 heavy (non-hydrogen) atoms. The van der Waals surface area contributed by atoms with Crippen molar-refractivity contribution in [2.45, 2.75) is 12.8 Å². The lowest BCUT2D eigenvalue weighted by Crippen LogP contribution is -2.10. The third-order valence-electron chi connectivity index (χ3n) is 4.15. The first-order valence-corrected chi connectivity index (χ1v) is 8.94. The van der Waals surface area contributed by atoms with Crippen LogP contribution >= 0.6 is 0 Å². The number of carboxylic acids is 1. The molecule has 138 valence electrons. The highest BCUT2D eigenvalue weighted by molar-refractivity contribution is 5.70. The second-order valence-electron chi connectivity index (χ2n) is 6.06. The van der Waals surface area contributed by atoms with Gasteiger partial charge >= 0.3 is 5.97 Å². The molecule has 4 heteroatoms. The number of para-hydroxylation sites is 2. The minimum absolute atomic E-state index is 0.0846. The van der Waals surface area contributed by atoms with Crippen LogP contribution in [0.2, 0.25) is 0 Å². The number of hydrogen-bond acceptors (Lipinski definition) is 3. The van der Waals surface area contributed by atoms with E-state index in [4.69, 9.17) is 14.6 Å². The Labute approximate surface area is 159 Å². The largest absolute Gasteiger partial charge is 0.490 e. The summed E-state index contributed by atoms with van der Waals surface area (Å²) in [7, 11) is 0. The van der Waals surface area contributed by atoms with Gasteiger partial charge in [-0.05, 0) is 29.7 Å². The van der Waals surface area contributed by atoms with Gasteiger partial charge in [-0.1, -0.05) is 66.7 Å². The molecule has 0 fully saturated rings. The van der Waals surface area contributed by atoms with Crippen LogP contribution in [-0.4, -0.2) is 24.3 Å². The van der Waals surface area contributed by atoms with E-state index in [0.29, 0.717) is 25.4 Å². The van der Waals surface area contributed by atoms with Gasteiger partial charge in [-0.2, -0.15) is 0 Å². The van der Waals surface area contributed by atoms with E-state index in [2.05, 4.69) is 12.1 Å². The third kappa shape index (κ3) is 5.35. The van der Waals surface area contributed by atoms with E-state index in [1.807, 2.05) is 66.7 Å². The van der Waals surface area contributed by atoms with Crippen molar-refractivity contribution in [3.8, 4) is 22.6 Å². The lowest BCUT2D eigenvalue weighted by Gasteiger charge is -2.14. The average molecular weight is 362 g/mol. The first-order chi connectivity index (χ1) is 13.2. The molecule has 0 unspecified atom stereocenters. The van der Waals surface area contributed by atoms with Crippen LogP contribution in [0.1, 0.15) is 12.0 Å². The average Bonchev–Trinajstić information content (AvgIpc) is 2.71. The van der Waals surface area contributed by atoms with Crippen molar-refractivity contribution in [3.05, 3.63) is 84.4 Å². The summed E-state index contributed by atoms with van der Waals surface area (Å²) < 4.78 is 11.8. The SMILES string of the molecule is O=C(O)CCc1ccccc1OCCOc1ccccc1-c1ccccc1. The van der Waals surface area contributed by atoms with Crippen molar-refractivity contribution < 1.29 is 19.4 Å². The zero-order valence-corrected chi connectivity index (χ0v) is 15.0. The van der Waals surface area contributed by atoms with Crippen molar-refractivity contribution in [1.82, 2.24) is 0 Å². The summed E-state index contributed by atoms with van der Waals surface area (Å²) in [5.41, 5.74) is 3.04. The third-order valence-corrected chi connectivity index (χ3v) is 4.15. The predicted molar refractivity (Wildman–Crippen MR) is 105 cm³/mol. The summed E-state index contributed by atoms with van der Waals surface area (Å²) in [5, 5.41) is 8.87. The van der Waals surface area contributed by atoms with Crippen LogP contribution in [0.3, 0.4) is 0 Å². The van der Waals surface area contributed by atoms with Crippen LogP contribution in [0.25, 0.3) is 11.1 Å². The molecule has 0 bridgehead atoms. The quantitative estimate of drug-likeness (QED) is 0.554. The van der Waals surface area contributed by atoms with Gasteiger partial charge in [-0.15, -0.1) is 0 Å². The molecule has 0 aliphatic heterocycles. The molecule has 0 amide bonds. The Morgan fingerprint density at radius 1 is 0.741 bits per heavy atom. The summed E-state index contributed by atoms with van der Waals surface area (Å²) in [6, 6.07) is 25.5. The molecular weight excluding hydrogens is 340 g/mol. The van der Waals surface area contributed by atoms with Crippen LogP contribution in [0.5, 0.6) is 11.5 Å². The normalized spacial score (nSPS) is 10.4. The van der Waals surface area contributed by atoms with Crippen LogP contribution in [0, 0.1) is 0 Å². The molecule has 0 atom stereocenters. The first-order valence-electron chi connectivity index (χ1n) is 8.94. The number of benzene rings is 3. The lowest BCUT2D eigenvalue weighted by molar-refractivity contribution is -0.136. The molecular formula is C23H22O4. The summed E-state index contributed by atoms with van der Waals surface area (Å²) in [6.45, 7) is 0.782. The van der Waals surface area contributed by atoms with E-state index in [1.54, 1.807) is 0 Å². The molecule has 1 N–H and O–H groups in total. The number of aliphatic carboxylic acids is 1. The Kier molecular flexibility index (Phi) is 6.47. The molecule has 0 aromatic heterocycles. The maximum Gasteiger partial charge on any atom is 0.303 e. The van der Waals surface area contributed by atoms with Gasteiger partial charge in [0.25, 0.3) is 0 Å². The highest BCUT2D eigenvalue weighted by Gasteiger charge is 2.07. The highest BCUT2D eigenvalue weighted by atomic mass is 16.5. The van der Waals surface area contributed by atoms with E-state index < -0.39 is 5.97 Å². The zero-order valence-electron chi connectivity index (χ0n) is 15.0. The zero-order chi connectivity index (χ0) is 18.9. The van der Waals surface area contributed by atoms with Gasteiger partial charge in [0, 0.05) is 12.0 Å². The van der Waals surface area contributed by atoms with Crippen LogP contribution < -0.4 is 9.47 Å². The topological polar surface area (TPSA) is 55.8 Å². The van der Waals surface area contributed by atoms with Crippen molar-refractivity contribution in [2.24, 2.45) is 0 Å². The number of carbonyl (C=O) groups is 1.